The summed E-state index contributed by atoms with van der Waals surface area (Å²) in [6, 6.07) is 8.03. The quantitative estimate of drug-likeness (QED) is 0.714. The van der Waals surface area contributed by atoms with Crippen LogP contribution in [0.3, 0.4) is 0 Å². The second-order valence-electron chi connectivity index (χ2n) is 3.53. The van der Waals surface area contributed by atoms with E-state index in [1.165, 1.54) is 12.3 Å². The van der Waals surface area contributed by atoms with Crippen molar-refractivity contribution in [2.24, 2.45) is 0 Å². The largest absolute Gasteiger partial charge is 0.384 e. The fourth-order valence-electron chi connectivity index (χ4n) is 1.41. The maximum Gasteiger partial charge on any atom is 0.278 e. The van der Waals surface area contributed by atoms with Gasteiger partial charge in [0.1, 0.15) is 6.61 Å². The van der Waals surface area contributed by atoms with E-state index in [2.05, 4.69) is 26.8 Å². The molecule has 0 spiro atoms. The van der Waals surface area contributed by atoms with Crippen LogP contribution in [-0.2, 0) is 10.0 Å². The number of aromatic nitrogens is 2. The number of hydrogen-bond donors (Lipinski definition) is 3. The molecule has 98 valence electrons. The van der Waals surface area contributed by atoms with Gasteiger partial charge in [-0.1, -0.05) is 24.0 Å². The van der Waals surface area contributed by atoms with Crippen LogP contribution in [0.5, 0.6) is 0 Å². The number of nitrogens with zero attached hydrogens (tertiary/aromatic N) is 1. The molecule has 7 heteroatoms. The van der Waals surface area contributed by atoms with Gasteiger partial charge in [-0.15, -0.1) is 0 Å². The summed E-state index contributed by atoms with van der Waals surface area (Å²) in [5.41, 5.74) is 0.831. The van der Waals surface area contributed by atoms with Gasteiger partial charge in [0.2, 0.25) is 0 Å². The summed E-state index contributed by atoms with van der Waals surface area (Å²) in [7, 11) is -3.72. The van der Waals surface area contributed by atoms with E-state index in [0.717, 1.165) is 0 Å². The number of para-hydroxylation sites is 1. The summed E-state index contributed by atoms with van der Waals surface area (Å²) in [4.78, 5) is 0. The van der Waals surface area contributed by atoms with E-state index < -0.39 is 10.0 Å². The average Bonchev–Trinajstić information content (AvgIpc) is 2.92. The summed E-state index contributed by atoms with van der Waals surface area (Å²) >= 11 is 0. The van der Waals surface area contributed by atoms with Gasteiger partial charge < -0.3 is 5.11 Å². The molecule has 1 aromatic heterocycles. The molecule has 0 radical (unpaired) electrons. The van der Waals surface area contributed by atoms with Crippen LogP contribution in [0, 0.1) is 11.8 Å². The molecule has 0 aliphatic heterocycles. The minimum absolute atomic E-state index is 0.0302. The van der Waals surface area contributed by atoms with Crippen molar-refractivity contribution in [1.29, 1.82) is 0 Å². The molecule has 6 nitrogen and oxygen atoms in total. The molecule has 0 fully saturated rings. The highest BCUT2D eigenvalue weighted by Gasteiger charge is 2.16. The predicted octanol–water partition coefficient (Wildman–Crippen LogP) is 0.554. The van der Waals surface area contributed by atoms with E-state index in [4.69, 9.17) is 5.11 Å². The Kier molecular flexibility index (Phi) is 3.85. The van der Waals surface area contributed by atoms with E-state index in [1.807, 2.05) is 0 Å². The molecule has 2 aromatic rings. The van der Waals surface area contributed by atoms with Crippen LogP contribution in [-0.4, -0.2) is 30.3 Å². The highest BCUT2D eigenvalue weighted by Crippen LogP contribution is 2.18. The molecule has 19 heavy (non-hydrogen) atoms. The fraction of sp³-hybridized carbons (Fsp3) is 0.0833. The molecule has 0 unspecified atom stereocenters. The number of anilines is 1. The molecule has 0 saturated carbocycles. The van der Waals surface area contributed by atoms with Crippen molar-refractivity contribution in [1.82, 2.24) is 10.2 Å². The van der Waals surface area contributed by atoms with Crippen molar-refractivity contribution >= 4 is 15.7 Å². The zero-order chi connectivity index (χ0) is 13.7. The standard InChI is InChI=1S/C12H11N3O3S/c16-9-3-5-10-4-1-2-6-11(10)15-19(17,18)12-7-8-13-14-12/h1-2,4,6-8,15-16H,9H2,(H,13,14). The van der Waals surface area contributed by atoms with Crippen LogP contribution < -0.4 is 4.72 Å². The lowest BCUT2D eigenvalue weighted by molar-refractivity contribution is 0.350. The number of nitrogens with one attached hydrogen (secondary N) is 2. The molecule has 3 N–H and O–H groups in total. The zero-order valence-electron chi connectivity index (χ0n) is 9.79. The summed E-state index contributed by atoms with van der Waals surface area (Å²) in [5, 5.41) is 14.6. The van der Waals surface area contributed by atoms with E-state index in [0.29, 0.717) is 11.3 Å². The predicted molar refractivity (Wildman–Crippen MR) is 69.8 cm³/mol. The van der Waals surface area contributed by atoms with Crippen molar-refractivity contribution in [2.45, 2.75) is 5.03 Å². The SMILES string of the molecule is O=S(=O)(Nc1ccccc1C#CCO)c1ccn[nH]1. The lowest BCUT2D eigenvalue weighted by Crippen LogP contribution is -2.14. The molecular formula is C12H11N3O3S. The third-order valence-corrected chi connectivity index (χ3v) is 3.53. The normalized spacial score (nSPS) is 10.6. The third kappa shape index (κ3) is 3.13. The monoisotopic (exact) mass is 277 g/mol. The molecule has 0 saturated heterocycles. The van der Waals surface area contributed by atoms with Gasteiger partial charge in [-0.3, -0.25) is 9.82 Å². The van der Waals surface area contributed by atoms with Crippen molar-refractivity contribution in [3.8, 4) is 11.8 Å². The van der Waals surface area contributed by atoms with E-state index in [9.17, 15) is 8.42 Å². The molecule has 1 aromatic carbocycles. The van der Waals surface area contributed by atoms with Crippen LogP contribution in [0.2, 0.25) is 0 Å². The second-order valence-corrected chi connectivity index (χ2v) is 5.18. The number of hydrogen-bond acceptors (Lipinski definition) is 4. The number of aromatic amines is 1. The minimum Gasteiger partial charge on any atom is -0.384 e. The van der Waals surface area contributed by atoms with Crippen LogP contribution >= 0.6 is 0 Å². The van der Waals surface area contributed by atoms with Crippen LogP contribution in [0.4, 0.5) is 5.69 Å². The van der Waals surface area contributed by atoms with Crippen molar-refractivity contribution < 1.29 is 13.5 Å². The van der Waals surface area contributed by atoms with Gasteiger partial charge in [0, 0.05) is 5.56 Å². The topological polar surface area (TPSA) is 95.1 Å². The van der Waals surface area contributed by atoms with Gasteiger partial charge in [-0.25, -0.2) is 0 Å². The third-order valence-electron chi connectivity index (χ3n) is 2.24. The molecule has 0 aliphatic rings. The number of benzene rings is 1. The van der Waals surface area contributed by atoms with E-state index >= 15 is 0 Å². The highest BCUT2D eigenvalue weighted by atomic mass is 32.2. The molecule has 0 amide bonds. The lowest BCUT2D eigenvalue weighted by Gasteiger charge is -2.07. The Morgan fingerprint density at radius 3 is 2.79 bits per heavy atom. The Balaban J connectivity index is 2.34. The lowest BCUT2D eigenvalue weighted by atomic mass is 10.2. The Morgan fingerprint density at radius 1 is 1.32 bits per heavy atom. The first-order valence-electron chi connectivity index (χ1n) is 5.34. The average molecular weight is 277 g/mol. The fourth-order valence-corrected chi connectivity index (χ4v) is 2.40. The number of aliphatic hydroxyl groups is 1. The highest BCUT2D eigenvalue weighted by molar-refractivity contribution is 7.92. The Labute approximate surface area is 110 Å². The number of aliphatic hydroxyl groups excluding tert-OH is 1. The Bertz CT molecular complexity index is 712. The molecule has 0 atom stereocenters. The van der Waals surface area contributed by atoms with Gasteiger partial charge in [0.05, 0.1) is 11.9 Å². The maximum absolute atomic E-state index is 12.0. The van der Waals surface area contributed by atoms with Crippen molar-refractivity contribution in [2.75, 3.05) is 11.3 Å². The van der Waals surface area contributed by atoms with E-state index in [1.54, 1.807) is 24.3 Å². The number of H-pyrrole nitrogens is 1. The van der Waals surface area contributed by atoms with Gasteiger partial charge in [0.15, 0.2) is 5.03 Å². The van der Waals surface area contributed by atoms with Crippen molar-refractivity contribution in [3.05, 3.63) is 42.1 Å². The summed E-state index contributed by atoms with van der Waals surface area (Å²) in [6.07, 6.45) is 1.35. The first-order valence-corrected chi connectivity index (χ1v) is 6.83. The maximum atomic E-state index is 12.0. The zero-order valence-corrected chi connectivity index (χ0v) is 10.6. The van der Waals surface area contributed by atoms with Gasteiger partial charge in [-0.2, -0.15) is 13.5 Å². The van der Waals surface area contributed by atoms with Crippen LogP contribution in [0.1, 0.15) is 5.56 Å². The van der Waals surface area contributed by atoms with Gasteiger partial charge in [0.25, 0.3) is 10.0 Å². The van der Waals surface area contributed by atoms with Crippen LogP contribution in [0.15, 0.2) is 41.6 Å². The number of sulfonamides is 1. The van der Waals surface area contributed by atoms with Gasteiger partial charge in [-0.05, 0) is 18.2 Å². The number of rotatable bonds is 3. The van der Waals surface area contributed by atoms with Crippen LogP contribution in [0.25, 0.3) is 0 Å². The summed E-state index contributed by atoms with van der Waals surface area (Å²) < 4.78 is 26.4. The van der Waals surface area contributed by atoms with E-state index in [-0.39, 0.29) is 11.6 Å². The Morgan fingerprint density at radius 2 is 2.11 bits per heavy atom. The molecule has 0 bridgehead atoms. The molecule has 1 heterocycles. The molecular weight excluding hydrogens is 266 g/mol. The summed E-state index contributed by atoms with van der Waals surface area (Å²) in [6.45, 7) is -0.290. The molecule has 2 rings (SSSR count). The molecule has 0 aliphatic carbocycles. The van der Waals surface area contributed by atoms with Gasteiger partial charge >= 0.3 is 0 Å². The van der Waals surface area contributed by atoms with Crippen molar-refractivity contribution in [3.63, 3.8) is 0 Å². The smallest absolute Gasteiger partial charge is 0.278 e. The first kappa shape index (κ1) is 13.1. The first-order chi connectivity index (χ1) is 9.13. The second kappa shape index (κ2) is 5.56. The minimum atomic E-state index is -3.72. The Hall–Kier alpha value is -2.30. The summed E-state index contributed by atoms with van der Waals surface area (Å²) in [5.74, 6) is 5.15.